The normalized spacial score (nSPS) is 10.8. The van der Waals surface area contributed by atoms with Gasteiger partial charge in [-0.1, -0.05) is 18.2 Å². The molecule has 21 heavy (non-hydrogen) atoms. The number of rotatable bonds is 4. The minimum absolute atomic E-state index is 0.0281. The molecule has 0 saturated heterocycles. The predicted octanol–water partition coefficient (Wildman–Crippen LogP) is 4.51. The number of ketones is 1. The summed E-state index contributed by atoms with van der Waals surface area (Å²) in [5, 5.41) is 9.98. The number of hydrogen-bond acceptors (Lipinski definition) is 3. The highest BCUT2D eigenvalue weighted by Crippen LogP contribution is 2.27. The van der Waals surface area contributed by atoms with Crippen molar-refractivity contribution >= 4 is 57.0 Å². The van der Waals surface area contributed by atoms with Crippen molar-refractivity contribution in [3.63, 3.8) is 0 Å². The van der Waals surface area contributed by atoms with E-state index in [0.29, 0.717) is 9.13 Å². The first kappa shape index (κ1) is 16.3. The number of halogens is 2. The highest BCUT2D eigenvalue weighted by Gasteiger charge is 2.12. The summed E-state index contributed by atoms with van der Waals surface area (Å²) >= 11 is 4.13. The second-order valence-corrected chi connectivity index (χ2v) is 6.66. The van der Waals surface area contributed by atoms with Crippen molar-refractivity contribution in [1.29, 1.82) is 0 Å². The van der Waals surface area contributed by atoms with E-state index in [0.717, 1.165) is 14.9 Å². The van der Waals surface area contributed by atoms with Gasteiger partial charge in [-0.25, -0.2) is 0 Å². The molecule has 0 heterocycles. The van der Waals surface area contributed by atoms with Gasteiger partial charge in [-0.05, 0) is 81.1 Å². The van der Waals surface area contributed by atoms with Crippen LogP contribution in [0.2, 0.25) is 0 Å². The van der Waals surface area contributed by atoms with Gasteiger partial charge in [0.1, 0.15) is 11.5 Å². The molecule has 1 N–H and O–H groups in total. The second-order valence-electron chi connectivity index (χ2n) is 4.25. The Morgan fingerprint density at radius 2 is 1.86 bits per heavy atom. The van der Waals surface area contributed by atoms with Crippen LogP contribution in [0.4, 0.5) is 0 Å². The lowest BCUT2D eigenvalue weighted by Crippen LogP contribution is -1.97. The zero-order valence-electron chi connectivity index (χ0n) is 11.1. The van der Waals surface area contributed by atoms with Crippen LogP contribution in [0, 0.1) is 7.14 Å². The fraction of sp³-hybridized carbons (Fsp3) is 0.0625. The first-order valence-corrected chi connectivity index (χ1v) is 8.21. The van der Waals surface area contributed by atoms with Crippen LogP contribution in [-0.4, -0.2) is 18.0 Å². The number of aromatic hydroxyl groups is 1. The van der Waals surface area contributed by atoms with Gasteiger partial charge in [0, 0.05) is 3.57 Å². The molecule has 0 unspecified atom stereocenters. The summed E-state index contributed by atoms with van der Waals surface area (Å²) < 4.78 is 6.66. The molecule has 0 spiro atoms. The molecule has 0 fully saturated rings. The predicted molar refractivity (Wildman–Crippen MR) is 99.9 cm³/mol. The Labute approximate surface area is 150 Å². The van der Waals surface area contributed by atoms with E-state index in [-0.39, 0.29) is 11.5 Å². The van der Waals surface area contributed by atoms with Crippen LogP contribution in [0.3, 0.4) is 0 Å². The summed E-state index contributed by atoms with van der Waals surface area (Å²) in [5.41, 5.74) is 1.21. The number of methoxy groups -OCH3 is 1. The van der Waals surface area contributed by atoms with Crippen LogP contribution < -0.4 is 4.74 Å². The molecule has 0 atom stereocenters. The summed E-state index contributed by atoms with van der Waals surface area (Å²) in [4.78, 5) is 12.2. The van der Waals surface area contributed by atoms with Gasteiger partial charge >= 0.3 is 0 Å². The summed E-state index contributed by atoms with van der Waals surface area (Å²) in [7, 11) is 1.61. The van der Waals surface area contributed by atoms with E-state index >= 15 is 0 Å². The van der Waals surface area contributed by atoms with Crippen molar-refractivity contribution in [3.8, 4) is 11.5 Å². The van der Waals surface area contributed by atoms with Crippen LogP contribution in [0.5, 0.6) is 11.5 Å². The van der Waals surface area contributed by atoms with Crippen molar-refractivity contribution < 1.29 is 14.6 Å². The number of hydrogen-bond donors (Lipinski definition) is 1. The van der Waals surface area contributed by atoms with Crippen molar-refractivity contribution in [2.24, 2.45) is 0 Å². The molecule has 2 aromatic rings. The smallest absolute Gasteiger partial charge is 0.189 e. The number of carbonyl (C=O) groups excluding carboxylic acids is 1. The summed E-state index contributed by atoms with van der Waals surface area (Å²) in [6, 6.07) is 10.9. The van der Waals surface area contributed by atoms with Gasteiger partial charge in [0.15, 0.2) is 5.78 Å². The largest absolute Gasteiger partial charge is 0.506 e. The zero-order valence-corrected chi connectivity index (χ0v) is 15.5. The topological polar surface area (TPSA) is 46.5 Å². The molecule has 0 bridgehead atoms. The van der Waals surface area contributed by atoms with Crippen LogP contribution in [0.25, 0.3) is 6.08 Å². The van der Waals surface area contributed by atoms with Crippen LogP contribution in [0.15, 0.2) is 42.5 Å². The molecular weight excluding hydrogens is 494 g/mol. The molecular formula is C16H12I2O3. The molecule has 3 nitrogen and oxygen atoms in total. The van der Waals surface area contributed by atoms with Gasteiger partial charge in [-0.3, -0.25) is 4.79 Å². The van der Waals surface area contributed by atoms with E-state index in [1.54, 1.807) is 19.3 Å². The Kier molecular flexibility index (Phi) is 5.63. The van der Waals surface area contributed by atoms with E-state index in [1.807, 2.05) is 52.9 Å². The third-order valence-corrected chi connectivity index (χ3v) is 4.28. The number of phenolic OH excluding ortho intramolecular Hbond substituents is 1. The lowest BCUT2D eigenvalue weighted by Gasteiger charge is -2.04. The van der Waals surface area contributed by atoms with Crippen molar-refractivity contribution in [3.05, 3.63) is 60.7 Å². The molecule has 0 amide bonds. The summed E-state index contributed by atoms with van der Waals surface area (Å²) in [5.74, 6) is 0.573. The molecule has 0 aliphatic carbocycles. The molecule has 0 aliphatic rings. The quantitative estimate of drug-likeness (QED) is 0.378. The molecule has 108 valence electrons. The molecule has 0 radical (unpaired) electrons. The van der Waals surface area contributed by atoms with E-state index in [2.05, 4.69) is 22.6 Å². The summed E-state index contributed by atoms with van der Waals surface area (Å²) in [6.45, 7) is 0. The van der Waals surface area contributed by atoms with E-state index in [9.17, 15) is 9.90 Å². The Hall–Kier alpha value is -1.09. The van der Waals surface area contributed by atoms with Crippen molar-refractivity contribution in [2.45, 2.75) is 0 Å². The second kappa shape index (κ2) is 7.26. The average Bonchev–Trinajstić information content (AvgIpc) is 2.49. The first-order valence-electron chi connectivity index (χ1n) is 6.05. The molecule has 0 saturated carbocycles. The molecule has 0 aromatic heterocycles. The van der Waals surface area contributed by atoms with Crippen LogP contribution in [-0.2, 0) is 0 Å². The maximum absolute atomic E-state index is 12.2. The van der Waals surface area contributed by atoms with Crippen molar-refractivity contribution in [2.75, 3.05) is 7.11 Å². The Bertz CT molecular complexity index is 691. The fourth-order valence-corrected chi connectivity index (χ4v) is 3.58. The lowest BCUT2D eigenvalue weighted by atomic mass is 10.1. The molecule has 0 aliphatic heterocycles. The SMILES string of the molecule is COc1ccc(C=CC(=O)c2cc(I)cc(I)c2O)cc1. The fourth-order valence-electron chi connectivity index (χ4n) is 1.73. The maximum atomic E-state index is 12.2. The first-order chi connectivity index (χ1) is 10.0. The van der Waals surface area contributed by atoms with Gasteiger partial charge in [-0.15, -0.1) is 0 Å². The van der Waals surface area contributed by atoms with E-state index in [1.165, 1.54) is 6.08 Å². The summed E-state index contributed by atoms with van der Waals surface area (Å²) in [6.07, 6.45) is 3.18. The standard InChI is InChI=1S/C16H12I2O3/c1-21-12-5-2-10(3-6-12)4-7-15(19)13-8-11(17)9-14(18)16(13)20/h2-9,20H,1H3. The number of carbonyl (C=O) groups is 1. The Balaban J connectivity index is 2.22. The van der Waals surface area contributed by atoms with Gasteiger partial charge in [0.2, 0.25) is 0 Å². The van der Waals surface area contributed by atoms with Gasteiger partial charge in [0.05, 0.1) is 16.2 Å². The average molecular weight is 506 g/mol. The minimum Gasteiger partial charge on any atom is -0.506 e. The molecule has 2 aromatic carbocycles. The third-order valence-electron chi connectivity index (χ3n) is 2.84. The Morgan fingerprint density at radius 3 is 2.48 bits per heavy atom. The third kappa shape index (κ3) is 4.19. The highest BCUT2D eigenvalue weighted by molar-refractivity contribution is 14.1. The lowest BCUT2D eigenvalue weighted by molar-refractivity contribution is 0.104. The van der Waals surface area contributed by atoms with Gasteiger partial charge in [-0.2, -0.15) is 0 Å². The van der Waals surface area contributed by atoms with Crippen LogP contribution >= 0.6 is 45.2 Å². The van der Waals surface area contributed by atoms with Crippen LogP contribution in [0.1, 0.15) is 15.9 Å². The monoisotopic (exact) mass is 506 g/mol. The number of phenols is 1. The van der Waals surface area contributed by atoms with E-state index < -0.39 is 0 Å². The number of allylic oxidation sites excluding steroid dienone is 1. The highest BCUT2D eigenvalue weighted by atomic mass is 127. The number of ether oxygens (including phenoxy) is 1. The van der Waals surface area contributed by atoms with Gasteiger partial charge in [0.25, 0.3) is 0 Å². The van der Waals surface area contributed by atoms with Gasteiger partial charge < -0.3 is 9.84 Å². The molecule has 5 heteroatoms. The molecule has 2 rings (SSSR count). The zero-order chi connectivity index (χ0) is 15.4. The Morgan fingerprint density at radius 1 is 1.19 bits per heavy atom. The maximum Gasteiger partial charge on any atom is 0.189 e. The minimum atomic E-state index is -0.222. The van der Waals surface area contributed by atoms with Crippen molar-refractivity contribution in [1.82, 2.24) is 0 Å². The number of benzene rings is 2. The van der Waals surface area contributed by atoms with E-state index in [4.69, 9.17) is 4.74 Å².